The molecule has 2 rings (SSSR count). The van der Waals surface area contributed by atoms with E-state index in [0.717, 1.165) is 12.0 Å². The number of carbonyl (C=O) groups is 1. The minimum atomic E-state index is -0.771. The van der Waals surface area contributed by atoms with Crippen LogP contribution in [0.1, 0.15) is 24.3 Å². The van der Waals surface area contributed by atoms with Gasteiger partial charge in [0.2, 0.25) is 0 Å². The quantitative estimate of drug-likeness (QED) is 0.530. The summed E-state index contributed by atoms with van der Waals surface area (Å²) < 4.78 is 10.3. The Kier molecular flexibility index (Phi) is 9.14. The van der Waals surface area contributed by atoms with E-state index in [0.29, 0.717) is 29.0 Å². The molecule has 7 nitrogen and oxygen atoms in total. The number of thiazole rings is 1. The van der Waals surface area contributed by atoms with Crippen molar-refractivity contribution in [1.82, 2.24) is 9.88 Å². The molecule has 2 atom stereocenters. The van der Waals surface area contributed by atoms with Gasteiger partial charge in [-0.15, -0.1) is 11.3 Å². The average Bonchev–Trinajstić information content (AvgIpc) is 3.13. The highest BCUT2D eigenvalue weighted by Gasteiger charge is 2.20. The molecule has 0 bridgehead atoms. The lowest BCUT2D eigenvalue weighted by Crippen LogP contribution is -2.39. The van der Waals surface area contributed by atoms with Crippen molar-refractivity contribution in [2.75, 3.05) is 33.4 Å². The third-order valence-corrected chi connectivity index (χ3v) is 5.29. The van der Waals surface area contributed by atoms with Gasteiger partial charge in [0.05, 0.1) is 19.4 Å². The van der Waals surface area contributed by atoms with Crippen LogP contribution in [0.3, 0.4) is 0 Å². The predicted molar refractivity (Wildman–Crippen MR) is 108 cm³/mol. The Bertz CT molecular complexity index is 740. The van der Waals surface area contributed by atoms with Crippen LogP contribution in [0.4, 0.5) is 0 Å². The predicted octanol–water partition coefficient (Wildman–Crippen LogP) is 2.31. The first-order valence-electron chi connectivity index (χ1n) is 8.85. The maximum Gasteiger partial charge on any atom is 0.343 e. The lowest BCUT2D eigenvalue weighted by atomic mass is 10.0. The van der Waals surface area contributed by atoms with Gasteiger partial charge >= 0.3 is 5.97 Å². The highest BCUT2D eigenvalue weighted by Crippen LogP contribution is 2.22. The van der Waals surface area contributed by atoms with Crippen molar-refractivity contribution in [3.8, 4) is 5.75 Å². The SMILES string of the molecule is COC(=O)COc1ccc(CC(C)N(CCO)CC(O)c2csc(Cl)n2)cc1. The van der Waals surface area contributed by atoms with E-state index < -0.39 is 12.1 Å². The summed E-state index contributed by atoms with van der Waals surface area (Å²) in [5.41, 5.74) is 1.62. The van der Waals surface area contributed by atoms with Gasteiger partial charge in [-0.3, -0.25) is 4.90 Å². The Morgan fingerprint density at radius 1 is 1.36 bits per heavy atom. The highest BCUT2D eigenvalue weighted by molar-refractivity contribution is 7.13. The summed E-state index contributed by atoms with van der Waals surface area (Å²) in [5, 5.41) is 21.5. The first kappa shape index (κ1) is 22.6. The molecule has 0 aliphatic heterocycles. The molecule has 0 radical (unpaired) electrons. The second-order valence-corrected chi connectivity index (χ2v) is 7.76. The average molecular weight is 429 g/mol. The third kappa shape index (κ3) is 7.03. The molecule has 0 aliphatic carbocycles. The van der Waals surface area contributed by atoms with Crippen molar-refractivity contribution in [3.05, 3.63) is 45.4 Å². The lowest BCUT2D eigenvalue weighted by molar-refractivity contribution is -0.142. The Hall–Kier alpha value is -1.71. The number of hydrogen-bond acceptors (Lipinski definition) is 8. The summed E-state index contributed by atoms with van der Waals surface area (Å²) in [4.78, 5) is 17.2. The molecule has 1 aromatic heterocycles. The molecular formula is C19H25ClN2O5S. The zero-order valence-corrected chi connectivity index (χ0v) is 17.4. The van der Waals surface area contributed by atoms with Gasteiger partial charge in [-0.1, -0.05) is 23.7 Å². The van der Waals surface area contributed by atoms with Crippen molar-refractivity contribution in [2.45, 2.75) is 25.5 Å². The summed E-state index contributed by atoms with van der Waals surface area (Å²) in [7, 11) is 1.31. The number of halogens is 1. The smallest absolute Gasteiger partial charge is 0.343 e. The number of aliphatic hydroxyl groups is 2. The molecule has 0 spiro atoms. The molecule has 0 saturated heterocycles. The van der Waals surface area contributed by atoms with Crippen LogP contribution in [-0.4, -0.2) is 65.5 Å². The number of carbonyl (C=O) groups excluding carboxylic acids is 1. The third-order valence-electron chi connectivity index (χ3n) is 4.29. The van der Waals surface area contributed by atoms with Gasteiger partial charge < -0.3 is 19.7 Å². The van der Waals surface area contributed by atoms with E-state index in [1.807, 2.05) is 24.0 Å². The Morgan fingerprint density at radius 2 is 2.07 bits per heavy atom. The van der Waals surface area contributed by atoms with Crippen molar-refractivity contribution in [2.24, 2.45) is 0 Å². The summed E-state index contributed by atoms with van der Waals surface area (Å²) in [6, 6.07) is 7.53. The zero-order chi connectivity index (χ0) is 20.5. The van der Waals surface area contributed by atoms with Crippen LogP contribution in [0.5, 0.6) is 5.75 Å². The van der Waals surface area contributed by atoms with Gasteiger partial charge in [0.15, 0.2) is 11.1 Å². The Balaban J connectivity index is 1.93. The minimum Gasteiger partial charge on any atom is -0.482 e. The molecule has 28 heavy (non-hydrogen) atoms. The van der Waals surface area contributed by atoms with Crippen LogP contribution in [0, 0.1) is 0 Å². The number of hydrogen-bond donors (Lipinski definition) is 2. The van der Waals surface area contributed by atoms with Gasteiger partial charge in [-0.05, 0) is 31.0 Å². The maximum absolute atomic E-state index is 11.1. The summed E-state index contributed by atoms with van der Waals surface area (Å²) in [6.45, 7) is 2.70. The number of esters is 1. The molecule has 2 aromatic rings. The number of methoxy groups -OCH3 is 1. The summed E-state index contributed by atoms with van der Waals surface area (Å²) >= 11 is 7.12. The van der Waals surface area contributed by atoms with Crippen LogP contribution >= 0.6 is 22.9 Å². The largest absolute Gasteiger partial charge is 0.482 e. The van der Waals surface area contributed by atoms with Crippen LogP contribution in [-0.2, 0) is 16.0 Å². The van der Waals surface area contributed by atoms with E-state index >= 15 is 0 Å². The highest BCUT2D eigenvalue weighted by atomic mass is 35.5. The first-order valence-corrected chi connectivity index (χ1v) is 10.1. The number of nitrogens with zero attached hydrogens (tertiary/aromatic N) is 2. The topological polar surface area (TPSA) is 92.1 Å². The van der Waals surface area contributed by atoms with Gasteiger partial charge in [0.25, 0.3) is 0 Å². The van der Waals surface area contributed by atoms with E-state index in [2.05, 4.69) is 9.72 Å². The van der Waals surface area contributed by atoms with Gasteiger partial charge in [-0.25, -0.2) is 9.78 Å². The molecule has 154 valence electrons. The first-order chi connectivity index (χ1) is 13.4. The van der Waals surface area contributed by atoms with Gasteiger partial charge in [-0.2, -0.15) is 0 Å². The number of aliphatic hydroxyl groups excluding tert-OH is 2. The van der Waals surface area contributed by atoms with Crippen LogP contribution in [0.2, 0.25) is 4.47 Å². The van der Waals surface area contributed by atoms with E-state index in [-0.39, 0.29) is 19.3 Å². The van der Waals surface area contributed by atoms with E-state index in [9.17, 15) is 15.0 Å². The fourth-order valence-corrected chi connectivity index (χ4v) is 3.56. The van der Waals surface area contributed by atoms with Crippen LogP contribution in [0.25, 0.3) is 0 Å². The summed E-state index contributed by atoms with van der Waals surface area (Å²) in [5.74, 6) is 0.155. The number of benzene rings is 1. The summed E-state index contributed by atoms with van der Waals surface area (Å²) in [6.07, 6.45) is -0.0474. The molecule has 2 unspecified atom stereocenters. The van der Waals surface area contributed by atoms with E-state index in [1.54, 1.807) is 17.5 Å². The molecule has 1 heterocycles. The zero-order valence-electron chi connectivity index (χ0n) is 15.9. The van der Waals surface area contributed by atoms with Gasteiger partial charge in [0.1, 0.15) is 11.9 Å². The fraction of sp³-hybridized carbons (Fsp3) is 0.474. The molecule has 0 aliphatic rings. The lowest BCUT2D eigenvalue weighted by Gasteiger charge is -2.30. The second kappa shape index (κ2) is 11.3. The fourth-order valence-electron chi connectivity index (χ4n) is 2.75. The number of rotatable bonds is 11. The molecular weight excluding hydrogens is 404 g/mol. The molecule has 2 N–H and O–H groups in total. The van der Waals surface area contributed by atoms with Crippen LogP contribution < -0.4 is 4.74 Å². The van der Waals surface area contributed by atoms with E-state index in [4.69, 9.17) is 16.3 Å². The molecule has 9 heteroatoms. The number of aromatic nitrogens is 1. The van der Waals surface area contributed by atoms with Crippen molar-refractivity contribution < 1.29 is 24.5 Å². The van der Waals surface area contributed by atoms with Crippen molar-refractivity contribution in [3.63, 3.8) is 0 Å². The Labute approximate surface area is 173 Å². The van der Waals surface area contributed by atoms with Crippen molar-refractivity contribution in [1.29, 1.82) is 0 Å². The van der Waals surface area contributed by atoms with Crippen molar-refractivity contribution >= 4 is 28.9 Å². The molecule has 1 aromatic carbocycles. The van der Waals surface area contributed by atoms with Gasteiger partial charge in [0, 0.05) is 24.5 Å². The maximum atomic E-state index is 11.1. The normalized spacial score (nSPS) is 13.4. The minimum absolute atomic E-state index is 0.00477. The van der Waals surface area contributed by atoms with Crippen LogP contribution in [0.15, 0.2) is 29.6 Å². The molecule has 0 amide bonds. The molecule has 0 fully saturated rings. The standard InChI is InChI=1S/C19H25ClN2O5S/c1-13(9-14-3-5-15(6-4-14)27-11-18(25)26-2)22(7-8-23)10-17(24)16-12-28-19(20)21-16/h3-6,12-13,17,23-24H,7-11H2,1-2H3. The Morgan fingerprint density at radius 3 is 2.64 bits per heavy atom. The molecule has 0 saturated carbocycles. The second-order valence-electron chi connectivity index (χ2n) is 6.32. The monoisotopic (exact) mass is 428 g/mol. The van der Waals surface area contributed by atoms with E-state index in [1.165, 1.54) is 18.4 Å². The number of ether oxygens (including phenoxy) is 2.